The first-order chi connectivity index (χ1) is 9.29. The third-order valence-corrected chi connectivity index (χ3v) is 4.12. The molecule has 19 heavy (non-hydrogen) atoms. The highest BCUT2D eigenvalue weighted by Gasteiger charge is 2.25. The summed E-state index contributed by atoms with van der Waals surface area (Å²) in [5, 5.41) is 3.36. The van der Waals surface area contributed by atoms with Gasteiger partial charge < -0.3 is 15.2 Å². The minimum absolute atomic E-state index is 0.530. The molecule has 3 heterocycles. The molecule has 0 amide bonds. The van der Waals surface area contributed by atoms with E-state index in [1.54, 1.807) is 12.7 Å². The van der Waals surface area contributed by atoms with Crippen LogP contribution < -0.4 is 10.2 Å². The van der Waals surface area contributed by atoms with Gasteiger partial charge in [-0.15, -0.1) is 0 Å². The molecule has 2 aromatic rings. The van der Waals surface area contributed by atoms with E-state index in [1.165, 1.54) is 12.8 Å². The number of hydrogen-bond donors (Lipinski definition) is 2. The van der Waals surface area contributed by atoms with Crippen LogP contribution in [0.15, 0.2) is 12.7 Å². The number of rotatable bonds is 3. The van der Waals surface area contributed by atoms with Gasteiger partial charge in [-0.25, -0.2) is 15.0 Å². The van der Waals surface area contributed by atoms with Crippen molar-refractivity contribution in [2.45, 2.75) is 25.8 Å². The Kier molecular flexibility index (Phi) is 3.33. The molecule has 0 saturated carbocycles. The third-order valence-electron chi connectivity index (χ3n) is 4.12. The van der Waals surface area contributed by atoms with Crippen LogP contribution in [0.5, 0.6) is 0 Å². The SMILES string of the molecule is CNC(C)C1CCCN(c2ncnc3nc[nH]c23)C1. The van der Waals surface area contributed by atoms with E-state index in [-0.39, 0.29) is 0 Å². The molecule has 102 valence electrons. The molecule has 1 aliphatic rings. The Morgan fingerprint density at radius 2 is 2.32 bits per heavy atom. The Hall–Kier alpha value is -1.69. The van der Waals surface area contributed by atoms with Crippen LogP contribution in [0.4, 0.5) is 5.82 Å². The van der Waals surface area contributed by atoms with Gasteiger partial charge in [-0.05, 0) is 32.7 Å². The molecule has 6 nitrogen and oxygen atoms in total. The topological polar surface area (TPSA) is 69.7 Å². The zero-order valence-electron chi connectivity index (χ0n) is 11.4. The minimum atomic E-state index is 0.530. The molecule has 2 N–H and O–H groups in total. The van der Waals surface area contributed by atoms with Gasteiger partial charge >= 0.3 is 0 Å². The standard InChI is InChI=1S/C13H20N6/c1-9(14-2)10-4-3-5-19(6-10)13-11-12(16-7-15-11)17-8-18-13/h7-10,14H,3-6H2,1-2H3,(H,15,16,17,18). The van der Waals surface area contributed by atoms with Gasteiger partial charge in [-0.3, -0.25) is 0 Å². The lowest BCUT2D eigenvalue weighted by Gasteiger charge is -2.36. The smallest absolute Gasteiger partial charge is 0.182 e. The molecule has 2 aromatic heterocycles. The first-order valence-corrected chi connectivity index (χ1v) is 6.86. The maximum Gasteiger partial charge on any atom is 0.182 e. The molecule has 6 heteroatoms. The number of anilines is 1. The summed E-state index contributed by atoms with van der Waals surface area (Å²) < 4.78 is 0. The Bertz CT molecular complexity index is 551. The number of nitrogens with one attached hydrogen (secondary N) is 2. The number of aromatic nitrogens is 4. The van der Waals surface area contributed by atoms with Crippen molar-refractivity contribution < 1.29 is 0 Å². The maximum absolute atomic E-state index is 4.45. The predicted octanol–water partition coefficient (Wildman–Crippen LogP) is 1.18. The van der Waals surface area contributed by atoms with Crippen molar-refractivity contribution in [3.05, 3.63) is 12.7 Å². The second-order valence-corrected chi connectivity index (χ2v) is 5.22. The summed E-state index contributed by atoms with van der Waals surface area (Å²) >= 11 is 0. The van der Waals surface area contributed by atoms with Crippen molar-refractivity contribution >= 4 is 17.0 Å². The van der Waals surface area contributed by atoms with Gasteiger partial charge in [0.15, 0.2) is 11.5 Å². The number of nitrogens with zero attached hydrogens (tertiary/aromatic N) is 4. The molecule has 0 aliphatic carbocycles. The Labute approximate surface area is 112 Å². The van der Waals surface area contributed by atoms with E-state index in [4.69, 9.17) is 0 Å². The number of piperidine rings is 1. The monoisotopic (exact) mass is 260 g/mol. The zero-order valence-corrected chi connectivity index (χ0v) is 11.4. The molecule has 3 rings (SSSR count). The molecule has 0 bridgehead atoms. The molecular formula is C13H20N6. The average molecular weight is 260 g/mol. The number of H-pyrrole nitrogens is 1. The maximum atomic E-state index is 4.45. The predicted molar refractivity (Wildman–Crippen MR) is 75.1 cm³/mol. The van der Waals surface area contributed by atoms with Gasteiger partial charge in [0.1, 0.15) is 11.8 Å². The summed E-state index contributed by atoms with van der Waals surface area (Å²) in [4.78, 5) is 18.3. The average Bonchev–Trinajstić information content (AvgIpc) is 2.94. The number of fused-ring (bicyclic) bond motifs is 1. The zero-order chi connectivity index (χ0) is 13.2. The molecule has 0 spiro atoms. The molecule has 1 aliphatic heterocycles. The summed E-state index contributed by atoms with van der Waals surface area (Å²) in [7, 11) is 2.03. The van der Waals surface area contributed by atoms with Crippen LogP contribution in [-0.4, -0.2) is 46.1 Å². The first-order valence-electron chi connectivity index (χ1n) is 6.86. The molecule has 0 radical (unpaired) electrons. The highest BCUT2D eigenvalue weighted by Crippen LogP contribution is 2.26. The molecule has 1 saturated heterocycles. The van der Waals surface area contributed by atoms with Gasteiger partial charge in [0.2, 0.25) is 0 Å². The van der Waals surface area contributed by atoms with Crippen molar-refractivity contribution in [1.82, 2.24) is 25.3 Å². The van der Waals surface area contributed by atoms with Gasteiger partial charge in [0, 0.05) is 19.1 Å². The van der Waals surface area contributed by atoms with Crippen LogP contribution in [0.3, 0.4) is 0 Å². The van der Waals surface area contributed by atoms with E-state index < -0.39 is 0 Å². The lowest BCUT2D eigenvalue weighted by atomic mass is 9.91. The highest BCUT2D eigenvalue weighted by atomic mass is 15.2. The van der Waals surface area contributed by atoms with Crippen LogP contribution in [-0.2, 0) is 0 Å². The van der Waals surface area contributed by atoms with E-state index in [1.807, 2.05) is 7.05 Å². The lowest BCUT2D eigenvalue weighted by molar-refractivity contribution is 0.332. The first kappa shape index (κ1) is 12.3. The van der Waals surface area contributed by atoms with Gasteiger partial charge in [0.25, 0.3) is 0 Å². The van der Waals surface area contributed by atoms with Crippen molar-refractivity contribution in [3.8, 4) is 0 Å². The molecule has 2 atom stereocenters. The van der Waals surface area contributed by atoms with E-state index in [2.05, 4.69) is 37.1 Å². The van der Waals surface area contributed by atoms with Crippen molar-refractivity contribution in [2.75, 3.05) is 25.0 Å². The summed E-state index contributed by atoms with van der Waals surface area (Å²) in [5.41, 5.74) is 1.69. The van der Waals surface area contributed by atoms with E-state index in [0.29, 0.717) is 12.0 Å². The van der Waals surface area contributed by atoms with Crippen LogP contribution >= 0.6 is 0 Å². The second kappa shape index (κ2) is 5.13. The summed E-state index contributed by atoms with van der Waals surface area (Å²) in [5.74, 6) is 1.64. The summed E-state index contributed by atoms with van der Waals surface area (Å²) in [6.45, 7) is 4.34. The van der Waals surface area contributed by atoms with Crippen molar-refractivity contribution in [2.24, 2.45) is 5.92 Å². The fourth-order valence-electron chi connectivity index (χ4n) is 2.84. The number of imidazole rings is 1. The van der Waals surface area contributed by atoms with Crippen LogP contribution in [0.2, 0.25) is 0 Å². The Morgan fingerprint density at radius 3 is 3.16 bits per heavy atom. The molecule has 0 aromatic carbocycles. The van der Waals surface area contributed by atoms with Crippen LogP contribution in [0.1, 0.15) is 19.8 Å². The normalized spacial score (nSPS) is 21.8. The minimum Gasteiger partial charge on any atom is -0.354 e. The van der Waals surface area contributed by atoms with Crippen LogP contribution in [0.25, 0.3) is 11.2 Å². The lowest BCUT2D eigenvalue weighted by Crippen LogP contribution is -2.43. The molecule has 2 unspecified atom stereocenters. The van der Waals surface area contributed by atoms with E-state index in [9.17, 15) is 0 Å². The number of hydrogen-bond acceptors (Lipinski definition) is 5. The largest absolute Gasteiger partial charge is 0.354 e. The summed E-state index contributed by atoms with van der Waals surface area (Å²) in [6, 6.07) is 0.530. The van der Waals surface area contributed by atoms with Gasteiger partial charge in [0.05, 0.1) is 6.33 Å². The Morgan fingerprint density at radius 1 is 1.42 bits per heavy atom. The number of aromatic amines is 1. The molecular weight excluding hydrogens is 240 g/mol. The molecule has 1 fully saturated rings. The second-order valence-electron chi connectivity index (χ2n) is 5.22. The Balaban J connectivity index is 1.87. The third kappa shape index (κ3) is 2.28. The van der Waals surface area contributed by atoms with Crippen molar-refractivity contribution in [3.63, 3.8) is 0 Å². The quantitative estimate of drug-likeness (QED) is 0.867. The highest BCUT2D eigenvalue weighted by molar-refractivity contribution is 5.82. The fourth-order valence-corrected chi connectivity index (χ4v) is 2.84. The van der Waals surface area contributed by atoms with Gasteiger partial charge in [-0.1, -0.05) is 0 Å². The van der Waals surface area contributed by atoms with Gasteiger partial charge in [-0.2, -0.15) is 0 Å². The van der Waals surface area contributed by atoms with E-state index in [0.717, 1.165) is 30.1 Å². The summed E-state index contributed by atoms with van der Waals surface area (Å²) in [6.07, 6.45) is 5.76. The van der Waals surface area contributed by atoms with Crippen molar-refractivity contribution in [1.29, 1.82) is 0 Å². The fraction of sp³-hybridized carbons (Fsp3) is 0.615. The van der Waals surface area contributed by atoms with Crippen LogP contribution in [0, 0.1) is 5.92 Å². The van der Waals surface area contributed by atoms with E-state index >= 15 is 0 Å².